The molecule has 290 valence electrons. The van der Waals surface area contributed by atoms with Crippen molar-refractivity contribution in [3.8, 4) is 27.9 Å². The van der Waals surface area contributed by atoms with E-state index in [0.29, 0.717) is 0 Å². The molecule has 4 heteroatoms. The number of hydrogen-bond donors (Lipinski definition) is 0. The van der Waals surface area contributed by atoms with E-state index in [1.165, 1.54) is 32.6 Å². The summed E-state index contributed by atoms with van der Waals surface area (Å²) in [6.07, 6.45) is 0. The third-order valence-corrected chi connectivity index (χ3v) is 12.6. The highest BCUT2D eigenvalue weighted by molar-refractivity contribution is 6.20. The molecule has 0 unspecified atom stereocenters. The van der Waals surface area contributed by atoms with Crippen LogP contribution >= 0.6 is 0 Å². The first-order chi connectivity index (χ1) is 30.8. The lowest BCUT2D eigenvalue weighted by molar-refractivity contribution is 0.668. The fourth-order valence-corrected chi connectivity index (χ4v) is 9.78. The van der Waals surface area contributed by atoms with E-state index in [9.17, 15) is 0 Å². The van der Waals surface area contributed by atoms with Crippen LogP contribution in [0, 0.1) is 0 Å². The summed E-state index contributed by atoms with van der Waals surface area (Å²) in [7, 11) is 0. The Balaban J connectivity index is 1.01. The second-order valence-corrected chi connectivity index (χ2v) is 16.0. The van der Waals surface area contributed by atoms with Crippen molar-refractivity contribution in [1.82, 2.24) is 4.57 Å². The van der Waals surface area contributed by atoms with Crippen molar-refractivity contribution in [3.05, 3.63) is 218 Å². The molecule has 0 amide bonds. The largest absolute Gasteiger partial charge is 0.456 e. The SMILES string of the molecule is c1ccc(-c2cccc3c2oc2c(N(c4ccc(-c5ccc6c7ccc8ccccc8c7n(-c7ccccc7)c6c5)cc4)c4cccc5oc6ccccc6c45)cccc23)cc1. The van der Waals surface area contributed by atoms with Crippen LogP contribution in [-0.4, -0.2) is 4.57 Å². The minimum Gasteiger partial charge on any atom is -0.456 e. The summed E-state index contributed by atoms with van der Waals surface area (Å²) in [6, 6.07) is 77.8. The molecule has 0 aliphatic carbocycles. The van der Waals surface area contributed by atoms with E-state index in [2.05, 4.69) is 210 Å². The van der Waals surface area contributed by atoms with Crippen molar-refractivity contribution < 1.29 is 8.83 Å². The Morgan fingerprint density at radius 2 is 1.02 bits per heavy atom. The van der Waals surface area contributed by atoms with Crippen LogP contribution < -0.4 is 4.90 Å². The molecule has 13 aromatic rings. The Bertz CT molecular complexity index is 3860. The number of furan rings is 2. The minimum absolute atomic E-state index is 0.825. The van der Waals surface area contributed by atoms with Crippen LogP contribution in [0.15, 0.2) is 227 Å². The molecule has 3 aromatic heterocycles. The van der Waals surface area contributed by atoms with Crippen molar-refractivity contribution >= 4 is 93.5 Å². The van der Waals surface area contributed by atoms with Gasteiger partial charge in [-0.2, -0.15) is 0 Å². The molecule has 0 aliphatic rings. The predicted octanol–water partition coefficient (Wildman–Crippen LogP) is 16.5. The maximum absolute atomic E-state index is 7.04. The third kappa shape index (κ3) is 5.20. The van der Waals surface area contributed by atoms with E-state index in [0.717, 1.165) is 88.9 Å². The average Bonchev–Trinajstić information content (AvgIpc) is 4.03. The van der Waals surface area contributed by atoms with E-state index in [4.69, 9.17) is 8.83 Å². The van der Waals surface area contributed by atoms with Crippen molar-refractivity contribution in [3.63, 3.8) is 0 Å². The fourth-order valence-electron chi connectivity index (χ4n) is 9.78. The van der Waals surface area contributed by atoms with Gasteiger partial charge in [-0.1, -0.05) is 164 Å². The highest BCUT2D eigenvalue weighted by Gasteiger charge is 2.24. The first kappa shape index (κ1) is 34.5. The number of para-hydroxylation sites is 4. The van der Waals surface area contributed by atoms with Gasteiger partial charge in [-0.15, -0.1) is 0 Å². The average molecular weight is 793 g/mol. The van der Waals surface area contributed by atoms with Crippen molar-refractivity contribution in [2.24, 2.45) is 0 Å². The Morgan fingerprint density at radius 1 is 0.371 bits per heavy atom. The van der Waals surface area contributed by atoms with Gasteiger partial charge in [0.2, 0.25) is 0 Å². The van der Waals surface area contributed by atoms with Crippen LogP contribution in [0.5, 0.6) is 0 Å². The molecule has 0 bridgehead atoms. The second-order valence-electron chi connectivity index (χ2n) is 16.0. The molecular formula is C58H36N2O2. The smallest absolute Gasteiger partial charge is 0.159 e. The van der Waals surface area contributed by atoms with Gasteiger partial charge in [0.1, 0.15) is 16.7 Å². The Kier molecular flexibility index (Phi) is 7.57. The van der Waals surface area contributed by atoms with Gasteiger partial charge in [0.15, 0.2) is 5.58 Å². The van der Waals surface area contributed by atoms with Gasteiger partial charge >= 0.3 is 0 Å². The molecule has 0 atom stereocenters. The zero-order valence-corrected chi connectivity index (χ0v) is 33.5. The molecule has 0 saturated heterocycles. The summed E-state index contributed by atoms with van der Waals surface area (Å²) in [5, 5.41) is 9.22. The summed E-state index contributed by atoms with van der Waals surface area (Å²) in [4.78, 5) is 2.34. The first-order valence-electron chi connectivity index (χ1n) is 21.1. The minimum atomic E-state index is 0.825. The van der Waals surface area contributed by atoms with Crippen LogP contribution in [-0.2, 0) is 0 Å². The Morgan fingerprint density at radius 3 is 1.87 bits per heavy atom. The normalized spacial score (nSPS) is 11.9. The predicted molar refractivity (Wildman–Crippen MR) is 258 cm³/mol. The van der Waals surface area contributed by atoms with Gasteiger partial charge in [-0.05, 0) is 76.7 Å². The maximum Gasteiger partial charge on any atom is 0.159 e. The van der Waals surface area contributed by atoms with Crippen molar-refractivity contribution in [2.45, 2.75) is 0 Å². The summed E-state index contributed by atoms with van der Waals surface area (Å²) in [6.45, 7) is 0. The van der Waals surface area contributed by atoms with E-state index < -0.39 is 0 Å². The van der Waals surface area contributed by atoms with Gasteiger partial charge in [0.25, 0.3) is 0 Å². The Hall–Kier alpha value is -8.34. The zero-order chi connectivity index (χ0) is 40.7. The van der Waals surface area contributed by atoms with Crippen molar-refractivity contribution in [2.75, 3.05) is 4.90 Å². The number of fused-ring (bicyclic) bond motifs is 11. The number of hydrogen-bond acceptors (Lipinski definition) is 3. The van der Waals surface area contributed by atoms with E-state index >= 15 is 0 Å². The monoisotopic (exact) mass is 792 g/mol. The van der Waals surface area contributed by atoms with Gasteiger partial charge < -0.3 is 18.3 Å². The molecule has 62 heavy (non-hydrogen) atoms. The molecule has 10 aromatic carbocycles. The molecule has 4 nitrogen and oxygen atoms in total. The molecule has 0 N–H and O–H groups in total. The quantitative estimate of drug-likeness (QED) is 0.168. The van der Waals surface area contributed by atoms with E-state index in [1.54, 1.807) is 0 Å². The van der Waals surface area contributed by atoms with Gasteiger partial charge in [0, 0.05) is 49.3 Å². The van der Waals surface area contributed by atoms with Crippen molar-refractivity contribution in [1.29, 1.82) is 0 Å². The summed E-state index contributed by atoms with van der Waals surface area (Å²) in [5.74, 6) is 0. The van der Waals surface area contributed by atoms with Crippen LogP contribution in [0.1, 0.15) is 0 Å². The lowest BCUT2D eigenvalue weighted by atomic mass is 10.0. The second kappa shape index (κ2) is 13.6. The molecule has 13 rings (SSSR count). The summed E-state index contributed by atoms with van der Waals surface area (Å²) < 4.78 is 15.9. The maximum atomic E-state index is 7.04. The topological polar surface area (TPSA) is 34.5 Å². The number of benzene rings is 10. The lowest BCUT2D eigenvalue weighted by Gasteiger charge is -2.26. The number of nitrogens with zero attached hydrogens (tertiary/aromatic N) is 2. The summed E-state index contributed by atoms with van der Waals surface area (Å²) in [5.41, 5.74) is 14.4. The number of aromatic nitrogens is 1. The van der Waals surface area contributed by atoms with Gasteiger partial charge in [-0.25, -0.2) is 0 Å². The fraction of sp³-hybridized carbons (Fsp3) is 0. The van der Waals surface area contributed by atoms with Gasteiger partial charge in [-0.3, -0.25) is 0 Å². The zero-order valence-electron chi connectivity index (χ0n) is 33.5. The molecule has 0 fully saturated rings. The molecule has 0 saturated carbocycles. The molecule has 0 radical (unpaired) electrons. The van der Waals surface area contributed by atoms with E-state index in [1.807, 2.05) is 18.2 Å². The highest BCUT2D eigenvalue weighted by Crippen LogP contribution is 2.48. The molecular weight excluding hydrogens is 757 g/mol. The third-order valence-electron chi connectivity index (χ3n) is 12.6. The van der Waals surface area contributed by atoms with Crippen LogP contribution in [0.3, 0.4) is 0 Å². The first-order valence-corrected chi connectivity index (χ1v) is 21.1. The van der Waals surface area contributed by atoms with Crippen LogP contribution in [0.4, 0.5) is 17.1 Å². The molecule has 0 aliphatic heterocycles. The number of anilines is 3. The van der Waals surface area contributed by atoms with Crippen LogP contribution in [0.2, 0.25) is 0 Å². The van der Waals surface area contributed by atoms with Crippen LogP contribution in [0.25, 0.3) is 104 Å². The lowest BCUT2D eigenvalue weighted by Crippen LogP contribution is -2.10. The summed E-state index contributed by atoms with van der Waals surface area (Å²) >= 11 is 0. The highest BCUT2D eigenvalue weighted by atomic mass is 16.3. The van der Waals surface area contributed by atoms with Gasteiger partial charge in [0.05, 0.1) is 27.8 Å². The standard InChI is InChI=1S/C58H36N2O2/c1-3-14-38(15-4-1)44-21-11-22-47-48-23-12-25-51(58(48)62-57(44)47)59(50-24-13-27-54-55(50)49-20-9-10-26-53(49)61-54)42-32-28-37(29-33-42)40-31-34-45-46-35-30-39-16-7-8-19-43(39)56(46)60(52(45)36-40)41-17-5-2-6-18-41/h1-36H. The Labute approximate surface area is 356 Å². The van der Waals surface area contributed by atoms with E-state index in [-0.39, 0.29) is 0 Å². The molecule has 3 heterocycles. The number of rotatable bonds is 6. The molecule has 0 spiro atoms.